The van der Waals surface area contributed by atoms with Crippen LogP contribution in [0, 0.1) is 0 Å². The Labute approximate surface area is 89.4 Å². The van der Waals surface area contributed by atoms with Gasteiger partial charge in [-0.15, -0.1) is 0 Å². The fraction of sp³-hybridized carbons (Fsp3) is 0.417. The highest BCUT2D eigenvalue weighted by atomic mass is 16.5. The maximum absolute atomic E-state index is 11.8. The molecule has 79 valence electrons. The fourth-order valence-electron chi connectivity index (χ4n) is 1.76. The summed E-state index contributed by atoms with van der Waals surface area (Å²) in [4.78, 5) is 11.8. The molecule has 15 heavy (non-hydrogen) atoms. The SMILES string of the molecule is CCC1(CC)[N]C(=O)c2ccccc2O1. The van der Waals surface area contributed by atoms with Gasteiger partial charge >= 0.3 is 0 Å². The summed E-state index contributed by atoms with van der Waals surface area (Å²) in [5.74, 6) is 0.488. The number of carbonyl (C=O) groups excluding carboxylic acids is 1. The molecule has 0 aromatic heterocycles. The van der Waals surface area contributed by atoms with Crippen LogP contribution in [0.1, 0.15) is 37.0 Å². The summed E-state index contributed by atoms with van der Waals surface area (Å²) in [6.07, 6.45) is 1.42. The van der Waals surface area contributed by atoms with Gasteiger partial charge in [-0.2, -0.15) is 0 Å². The van der Waals surface area contributed by atoms with E-state index in [-0.39, 0.29) is 5.91 Å². The molecule has 0 saturated carbocycles. The van der Waals surface area contributed by atoms with Gasteiger partial charge < -0.3 is 4.74 Å². The van der Waals surface area contributed by atoms with Gasteiger partial charge in [-0.05, 0) is 12.1 Å². The van der Waals surface area contributed by atoms with Crippen LogP contribution in [0.25, 0.3) is 0 Å². The van der Waals surface area contributed by atoms with Gasteiger partial charge in [-0.25, -0.2) is 5.32 Å². The minimum absolute atomic E-state index is 0.166. The normalized spacial score (nSPS) is 17.6. The van der Waals surface area contributed by atoms with Crippen LogP contribution in [0.2, 0.25) is 0 Å². The van der Waals surface area contributed by atoms with Gasteiger partial charge in [0.05, 0.1) is 5.56 Å². The van der Waals surface area contributed by atoms with Gasteiger partial charge in [-0.3, -0.25) is 4.79 Å². The molecule has 0 bridgehead atoms. The number of ether oxygens (including phenoxy) is 1. The average molecular weight is 204 g/mol. The van der Waals surface area contributed by atoms with Gasteiger partial charge in [0.2, 0.25) is 5.72 Å². The van der Waals surface area contributed by atoms with E-state index >= 15 is 0 Å². The lowest BCUT2D eigenvalue weighted by Gasteiger charge is -2.35. The second kappa shape index (κ2) is 3.57. The summed E-state index contributed by atoms with van der Waals surface area (Å²) < 4.78 is 5.80. The van der Waals surface area contributed by atoms with Gasteiger partial charge in [0, 0.05) is 12.8 Å². The van der Waals surface area contributed by atoms with Crippen molar-refractivity contribution in [1.29, 1.82) is 0 Å². The standard InChI is InChI=1S/C12H14NO2/c1-3-12(4-2)13-11(14)9-7-5-6-8-10(9)15-12/h5-8H,3-4H2,1-2H3. The average Bonchev–Trinajstić information content (AvgIpc) is 2.29. The van der Waals surface area contributed by atoms with E-state index in [2.05, 4.69) is 5.32 Å². The Hall–Kier alpha value is -1.51. The smallest absolute Gasteiger partial charge is 0.279 e. The molecule has 0 unspecified atom stereocenters. The Bertz CT molecular complexity index is 383. The number of fused-ring (bicyclic) bond motifs is 1. The molecule has 3 heteroatoms. The van der Waals surface area contributed by atoms with Crippen molar-refractivity contribution in [3.05, 3.63) is 29.8 Å². The number of benzene rings is 1. The molecule has 0 spiro atoms. The zero-order valence-electron chi connectivity index (χ0n) is 8.99. The number of nitrogens with zero attached hydrogens (tertiary/aromatic N) is 1. The van der Waals surface area contributed by atoms with Crippen molar-refractivity contribution in [2.24, 2.45) is 0 Å². The maximum Gasteiger partial charge on any atom is 0.279 e. The Kier molecular flexibility index (Phi) is 2.39. The first kappa shape index (κ1) is 10.0. The number of para-hydroxylation sites is 1. The number of rotatable bonds is 2. The Morgan fingerprint density at radius 1 is 1.27 bits per heavy atom. The fourth-order valence-corrected chi connectivity index (χ4v) is 1.76. The van der Waals surface area contributed by atoms with Crippen LogP contribution in [0.3, 0.4) is 0 Å². The number of amides is 1. The molecule has 0 saturated heterocycles. The first-order valence-corrected chi connectivity index (χ1v) is 5.26. The number of carbonyl (C=O) groups is 1. The minimum atomic E-state index is -0.647. The Morgan fingerprint density at radius 2 is 1.93 bits per heavy atom. The van der Waals surface area contributed by atoms with Gasteiger partial charge in [0.25, 0.3) is 5.91 Å². The van der Waals surface area contributed by atoms with Crippen molar-refractivity contribution in [3.63, 3.8) is 0 Å². The molecule has 1 aliphatic rings. The van der Waals surface area contributed by atoms with Crippen molar-refractivity contribution in [2.45, 2.75) is 32.4 Å². The second-order valence-electron chi connectivity index (χ2n) is 3.67. The van der Waals surface area contributed by atoms with Crippen LogP contribution in [-0.2, 0) is 0 Å². The molecule has 3 nitrogen and oxygen atoms in total. The topological polar surface area (TPSA) is 40.4 Å². The monoisotopic (exact) mass is 204 g/mol. The molecule has 0 fully saturated rings. The van der Waals surface area contributed by atoms with Crippen LogP contribution in [0.4, 0.5) is 0 Å². The minimum Gasteiger partial charge on any atom is -0.465 e. The summed E-state index contributed by atoms with van der Waals surface area (Å²) in [5.41, 5.74) is -0.0825. The predicted octanol–water partition coefficient (Wildman–Crippen LogP) is 2.34. The third-order valence-corrected chi connectivity index (χ3v) is 2.83. The zero-order valence-corrected chi connectivity index (χ0v) is 8.99. The largest absolute Gasteiger partial charge is 0.465 e. The first-order chi connectivity index (χ1) is 7.21. The lowest BCUT2D eigenvalue weighted by Crippen LogP contribution is -2.50. The van der Waals surface area contributed by atoms with E-state index in [9.17, 15) is 4.79 Å². The molecular weight excluding hydrogens is 190 g/mol. The highest BCUT2D eigenvalue weighted by Gasteiger charge is 2.38. The highest BCUT2D eigenvalue weighted by Crippen LogP contribution is 2.31. The van der Waals surface area contributed by atoms with Crippen LogP contribution in [0.15, 0.2) is 24.3 Å². The Morgan fingerprint density at radius 3 is 2.60 bits per heavy atom. The van der Waals surface area contributed by atoms with E-state index < -0.39 is 5.72 Å². The summed E-state index contributed by atoms with van der Waals surface area (Å²) in [6.45, 7) is 3.96. The molecular formula is C12H14NO2. The summed E-state index contributed by atoms with van der Waals surface area (Å²) in [6, 6.07) is 7.26. The molecule has 0 N–H and O–H groups in total. The molecule has 1 aromatic rings. The van der Waals surface area contributed by atoms with Crippen molar-refractivity contribution in [3.8, 4) is 5.75 Å². The molecule has 2 rings (SSSR count). The number of hydrogen-bond donors (Lipinski definition) is 0. The third-order valence-electron chi connectivity index (χ3n) is 2.83. The quantitative estimate of drug-likeness (QED) is 0.741. The van der Waals surface area contributed by atoms with Gasteiger partial charge in [0.15, 0.2) is 0 Å². The van der Waals surface area contributed by atoms with E-state index in [1.807, 2.05) is 32.0 Å². The zero-order chi connectivity index (χ0) is 10.9. The van der Waals surface area contributed by atoms with Crippen LogP contribution < -0.4 is 10.1 Å². The van der Waals surface area contributed by atoms with Crippen LogP contribution >= 0.6 is 0 Å². The number of hydrogen-bond acceptors (Lipinski definition) is 2. The molecule has 1 heterocycles. The van der Waals surface area contributed by atoms with Crippen molar-refractivity contribution < 1.29 is 9.53 Å². The molecule has 1 aliphatic heterocycles. The molecule has 0 aliphatic carbocycles. The maximum atomic E-state index is 11.8. The van der Waals surface area contributed by atoms with E-state index in [0.717, 1.165) is 0 Å². The third kappa shape index (κ3) is 1.58. The lowest BCUT2D eigenvalue weighted by atomic mass is 10.0. The molecule has 0 atom stereocenters. The van der Waals surface area contributed by atoms with Crippen molar-refractivity contribution in [1.82, 2.24) is 5.32 Å². The van der Waals surface area contributed by atoms with E-state index in [1.165, 1.54) is 0 Å². The molecule has 1 amide bonds. The molecule has 1 aromatic carbocycles. The van der Waals surface area contributed by atoms with Crippen LogP contribution in [-0.4, -0.2) is 11.6 Å². The van der Waals surface area contributed by atoms with E-state index in [1.54, 1.807) is 6.07 Å². The summed E-state index contributed by atoms with van der Waals surface area (Å²) in [5, 5.41) is 4.13. The van der Waals surface area contributed by atoms with Gasteiger partial charge in [0.1, 0.15) is 5.75 Å². The Balaban J connectivity index is 2.41. The first-order valence-electron chi connectivity index (χ1n) is 5.26. The predicted molar refractivity (Wildman–Crippen MR) is 56.8 cm³/mol. The lowest BCUT2D eigenvalue weighted by molar-refractivity contribution is 0.00949. The van der Waals surface area contributed by atoms with E-state index in [4.69, 9.17) is 4.74 Å². The van der Waals surface area contributed by atoms with E-state index in [0.29, 0.717) is 24.2 Å². The summed E-state index contributed by atoms with van der Waals surface area (Å²) in [7, 11) is 0. The van der Waals surface area contributed by atoms with Crippen molar-refractivity contribution >= 4 is 5.91 Å². The van der Waals surface area contributed by atoms with Gasteiger partial charge in [-0.1, -0.05) is 26.0 Å². The molecule has 1 radical (unpaired) electrons. The highest BCUT2D eigenvalue weighted by molar-refractivity contribution is 5.98. The van der Waals surface area contributed by atoms with Crippen LogP contribution in [0.5, 0.6) is 5.75 Å². The second-order valence-corrected chi connectivity index (χ2v) is 3.67. The summed E-state index contributed by atoms with van der Waals surface area (Å²) >= 11 is 0. The van der Waals surface area contributed by atoms with Crippen molar-refractivity contribution in [2.75, 3.05) is 0 Å².